The Kier molecular flexibility index (Phi) is 9.49. The lowest BCUT2D eigenvalue weighted by molar-refractivity contribution is -0.00425. The molecule has 276 valence electrons. The second-order valence-electron chi connectivity index (χ2n) is 16.9. The van der Waals surface area contributed by atoms with Crippen LogP contribution in [0.25, 0.3) is 82.8 Å². The third-order valence-electron chi connectivity index (χ3n) is 13.2. The molecule has 0 saturated carbocycles. The Morgan fingerprint density at radius 1 is 0.441 bits per heavy atom. The van der Waals surface area contributed by atoms with Gasteiger partial charge in [-0.15, -0.1) is 16.4 Å². The summed E-state index contributed by atoms with van der Waals surface area (Å²) < 4.78 is 2.00. The number of nitrogens with zero attached hydrogens (tertiary/aromatic N) is 2. The Labute approximate surface area is 353 Å². The number of benzene rings is 8. The van der Waals surface area contributed by atoms with E-state index in [1.54, 1.807) is 23.5 Å². The largest absolute Gasteiger partial charge is 0.405 e. The molecule has 9 aromatic rings. The van der Waals surface area contributed by atoms with Gasteiger partial charge in [0, 0.05) is 11.0 Å². The van der Waals surface area contributed by atoms with E-state index in [1.165, 1.54) is 76.7 Å². The van der Waals surface area contributed by atoms with Crippen LogP contribution in [0.4, 0.5) is 0 Å². The van der Waals surface area contributed by atoms with Gasteiger partial charge in [-0.05, 0) is 84.8 Å². The van der Waals surface area contributed by atoms with Crippen molar-refractivity contribution in [1.82, 2.24) is 9.55 Å². The average molecular weight is 753 g/mol. The molecule has 0 bridgehead atoms. The van der Waals surface area contributed by atoms with Crippen molar-refractivity contribution in [2.24, 2.45) is 0 Å². The topological polar surface area (TPSA) is 58.3 Å². The minimum Gasteiger partial charge on any atom is -0.405 e. The highest BCUT2D eigenvalue weighted by Gasteiger charge is 2.43. The first-order chi connectivity index (χ1) is 28.3. The van der Waals surface area contributed by atoms with E-state index in [0.29, 0.717) is 5.82 Å². The molecule has 0 saturated heterocycles. The summed E-state index contributed by atoms with van der Waals surface area (Å²) in [7, 11) is 16.1. The summed E-state index contributed by atoms with van der Waals surface area (Å²) in [5.41, 5.74) is 16.9. The monoisotopic (exact) mass is 754 g/mol. The Bertz CT molecular complexity index is 3090. The number of hydrogen-bond donors (Lipinski definition) is 2. The van der Waals surface area contributed by atoms with Crippen molar-refractivity contribution in [3.8, 4) is 50.2 Å². The number of hydrogen-bond acceptors (Lipinski definition) is 3. The fourth-order valence-electron chi connectivity index (χ4n) is 9.09. The summed E-state index contributed by atoms with van der Waals surface area (Å²) in [5.74, 6) is 0.382. The molecule has 0 aliphatic rings. The molecule has 0 aliphatic carbocycles. The summed E-state index contributed by atoms with van der Waals surface area (Å²) >= 11 is 0. The highest BCUT2D eigenvalue weighted by molar-refractivity contribution is 6.68. The minimum absolute atomic E-state index is 0.382. The predicted octanol–water partition coefficient (Wildman–Crippen LogP) is -1.02. The van der Waals surface area contributed by atoms with Gasteiger partial charge < -0.3 is 10.2 Å². The van der Waals surface area contributed by atoms with Gasteiger partial charge in [0.2, 0.25) is 0 Å². The van der Waals surface area contributed by atoms with Crippen LogP contribution >= 0.6 is 0 Å². The van der Waals surface area contributed by atoms with Gasteiger partial charge in [-0.25, -0.2) is 4.98 Å². The van der Waals surface area contributed by atoms with Gasteiger partial charge in [0.25, 0.3) is 0 Å². The molecule has 8 aromatic carbocycles. The normalized spacial score (nSPS) is 12.9. The summed E-state index contributed by atoms with van der Waals surface area (Å²) in [4.78, 5) is 4.90. The van der Waals surface area contributed by atoms with Crippen molar-refractivity contribution in [2.75, 3.05) is 0 Å². The van der Waals surface area contributed by atoms with Crippen molar-refractivity contribution in [2.45, 2.75) is 10.9 Å². The van der Waals surface area contributed by atoms with Crippen molar-refractivity contribution in [3.05, 3.63) is 151 Å². The molecular weight excluding hydrogens is 711 g/mol. The average Bonchev–Trinajstić information content (AvgIpc) is 3.64. The molecular formula is C47H42B8N2O2. The summed E-state index contributed by atoms with van der Waals surface area (Å²) in [6.45, 7) is 0. The molecule has 0 radical (unpaired) electrons. The fraction of sp³-hybridized carbons (Fsp3) is 0.0426. The van der Waals surface area contributed by atoms with Crippen LogP contribution in [-0.4, -0.2) is 87.9 Å². The zero-order chi connectivity index (χ0) is 41.4. The van der Waals surface area contributed by atoms with E-state index < -0.39 is 10.9 Å². The minimum atomic E-state index is -1.65. The lowest BCUT2D eigenvalue weighted by Gasteiger charge is -2.36. The molecule has 0 amide bonds. The maximum Gasteiger partial charge on any atom is 0.154 e. The summed E-state index contributed by atoms with van der Waals surface area (Å²) in [6, 6.07) is 51.7. The third-order valence-corrected chi connectivity index (χ3v) is 13.2. The number of fused-ring (bicyclic) bond motifs is 3. The van der Waals surface area contributed by atoms with E-state index in [4.69, 9.17) is 4.98 Å². The van der Waals surface area contributed by atoms with E-state index in [1.807, 2.05) is 41.0 Å². The number of aliphatic hydroxyl groups is 2. The van der Waals surface area contributed by atoms with Crippen LogP contribution in [0.5, 0.6) is 0 Å². The molecule has 0 spiro atoms. The zero-order valence-corrected chi connectivity index (χ0v) is 35.1. The maximum absolute atomic E-state index is 11.9. The van der Waals surface area contributed by atoms with Crippen LogP contribution < -0.4 is 27.3 Å². The van der Waals surface area contributed by atoms with Crippen LogP contribution in [0, 0.1) is 0 Å². The van der Waals surface area contributed by atoms with Crippen molar-refractivity contribution in [1.29, 1.82) is 0 Å². The van der Waals surface area contributed by atoms with Gasteiger partial charge in [0.1, 0.15) is 66.2 Å². The third kappa shape index (κ3) is 6.24. The van der Waals surface area contributed by atoms with Crippen molar-refractivity contribution in [3.63, 3.8) is 0 Å². The molecule has 0 aliphatic heterocycles. The molecule has 1 unspecified atom stereocenters. The van der Waals surface area contributed by atoms with Crippen LogP contribution in [0.15, 0.2) is 146 Å². The molecule has 1 atom stereocenters. The second kappa shape index (κ2) is 14.5. The second-order valence-corrected chi connectivity index (χ2v) is 16.9. The summed E-state index contributed by atoms with van der Waals surface area (Å²) in [5, 5.41) is 26.4. The molecule has 9 rings (SSSR count). The Balaban J connectivity index is 1.26. The van der Waals surface area contributed by atoms with Crippen LogP contribution in [0.2, 0.25) is 0 Å². The van der Waals surface area contributed by atoms with Crippen LogP contribution in [0.3, 0.4) is 0 Å². The molecule has 1 aromatic heterocycles. The van der Waals surface area contributed by atoms with Gasteiger partial charge in [0.05, 0.1) is 16.7 Å². The highest BCUT2D eigenvalue weighted by Crippen LogP contribution is 2.45. The van der Waals surface area contributed by atoms with Crippen LogP contribution in [0.1, 0.15) is 5.82 Å². The quantitative estimate of drug-likeness (QED) is 0.162. The van der Waals surface area contributed by atoms with Gasteiger partial charge in [-0.1, -0.05) is 132 Å². The van der Waals surface area contributed by atoms with Gasteiger partial charge in [-0.3, -0.25) is 4.57 Å². The molecule has 1 heterocycles. The number of para-hydroxylation sites is 3. The van der Waals surface area contributed by atoms with E-state index in [-0.39, 0.29) is 0 Å². The number of rotatable bonds is 7. The molecule has 59 heavy (non-hydrogen) atoms. The maximum atomic E-state index is 11.9. The standard InChI is InChI=1S/C47H42B8N2O2/c48-40-39(41(49)43(51)44(52)42(40)50)28-22-23-32-33(24-28)38(26-10-2-1-3-11-26)31-14-5-4-13-30(31)37(32)27-20-18-25(19-21-27)29-12-6-8-16-35(29)57-36-17-9-7-15-34(36)56-45(57)46(53,58)47(54,55)59/h1-24,58-59H,48-55H2. The van der Waals surface area contributed by atoms with Crippen molar-refractivity contribution >= 4 is 123 Å². The molecule has 0 fully saturated rings. The van der Waals surface area contributed by atoms with E-state index >= 15 is 0 Å². The first-order valence-corrected chi connectivity index (χ1v) is 20.5. The van der Waals surface area contributed by atoms with E-state index in [0.717, 1.165) is 33.4 Å². The molecule has 4 nitrogen and oxygen atoms in total. The summed E-state index contributed by atoms with van der Waals surface area (Å²) in [6.07, 6.45) is 0. The SMILES string of the molecule is Bc1c(B)c(B)c(-c2ccc3c(-c4ccc(-c5ccccc5-n5c(C(B)(O)C(B)(B)O)nc6ccccc65)cc4)c4ccccc4c(-c4ccccc4)c3c2)c(B)c1B. The van der Waals surface area contributed by atoms with Crippen LogP contribution in [-0.2, 0) is 5.50 Å². The highest BCUT2D eigenvalue weighted by atomic mass is 16.3. The number of aromatic nitrogens is 2. The van der Waals surface area contributed by atoms with E-state index in [9.17, 15) is 10.2 Å². The lowest BCUT2D eigenvalue weighted by Crippen LogP contribution is -2.55. The van der Waals surface area contributed by atoms with Gasteiger partial charge in [0.15, 0.2) is 7.85 Å². The Morgan fingerprint density at radius 3 is 1.59 bits per heavy atom. The van der Waals surface area contributed by atoms with Gasteiger partial charge >= 0.3 is 0 Å². The van der Waals surface area contributed by atoms with Crippen molar-refractivity contribution < 1.29 is 10.2 Å². The van der Waals surface area contributed by atoms with Gasteiger partial charge in [-0.2, -0.15) is 0 Å². The first-order valence-electron chi connectivity index (χ1n) is 20.5. The Morgan fingerprint density at radius 2 is 0.932 bits per heavy atom. The zero-order valence-electron chi connectivity index (χ0n) is 35.1. The molecule has 2 N–H and O–H groups in total. The smallest absolute Gasteiger partial charge is 0.154 e. The molecule has 12 heteroatoms. The lowest BCUT2D eigenvalue weighted by atomic mass is 9.49. The van der Waals surface area contributed by atoms with E-state index in [2.05, 4.69) is 148 Å². The predicted molar refractivity (Wildman–Crippen MR) is 273 cm³/mol. The fourth-order valence-corrected chi connectivity index (χ4v) is 9.09. The number of imidazole rings is 1. The Hall–Kier alpha value is -5.81. The first kappa shape index (κ1) is 38.7.